The van der Waals surface area contributed by atoms with Crippen LogP contribution in [0, 0.1) is 0 Å². The predicted molar refractivity (Wildman–Crippen MR) is 113 cm³/mol. The molecule has 0 aliphatic carbocycles. The number of hydrogen-bond donors (Lipinski definition) is 1. The third-order valence-electron chi connectivity index (χ3n) is 4.36. The molecule has 0 aliphatic rings. The molecule has 0 unspecified atom stereocenters. The fourth-order valence-corrected chi connectivity index (χ4v) is 3.68. The molecule has 0 aliphatic heterocycles. The van der Waals surface area contributed by atoms with Crippen LogP contribution in [-0.4, -0.2) is 26.3 Å². The third kappa shape index (κ3) is 3.62. The van der Waals surface area contributed by atoms with Gasteiger partial charge in [0.2, 0.25) is 0 Å². The maximum atomic E-state index is 12.5. The summed E-state index contributed by atoms with van der Waals surface area (Å²) in [5.41, 5.74) is 1.67. The largest absolute Gasteiger partial charge is 0.493 e. The number of nitrogens with one attached hydrogen (secondary N) is 1. The van der Waals surface area contributed by atoms with Gasteiger partial charge in [0.1, 0.15) is 0 Å². The lowest BCUT2D eigenvalue weighted by atomic mass is 10.1. The molecule has 2 aromatic heterocycles. The summed E-state index contributed by atoms with van der Waals surface area (Å²) >= 11 is 1.38. The number of methoxy groups -OCH3 is 3. The van der Waals surface area contributed by atoms with Crippen LogP contribution < -0.4 is 25.2 Å². The predicted octanol–water partition coefficient (Wildman–Crippen LogP) is 4.69. The molecule has 148 valence electrons. The molecule has 0 saturated heterocycles. The van der Waals surface area contributed by atoms with Gasteiger partial charge in [0.25, 0.3) is 0 Å². The minimum Gasteiger partial charge on any atom is -0.493 e. The zero-order valence-corrected chi connectivity index (χ0v) is 16.8. The van der Waals surface area contributed by atoms with Crippen molar-refractivity contribution in [2.24, 2.45) is 0 Å². The Morgan fingerprint density at radius 1 is 0.966 bits per heavy atom. The summed E-state index contributed by atoms with van der Waals surface area (Å²) in [5, 5.41) is 6.42. The van der Waals surface area contributed by atoms with E-state index in [2.05, 4.69) is 10.3 Å². The lowest BCUT2D eigenvalue weighted by molar-refractivity contribution is 0.355. The number of thiazole rings is 1. The molecule has 8 heteroatoms. The Balaban J connectivity index is 1.66. The van der Waals surface area contributed by atoms with Crippen LogP contribution in [0.5, 0.6) is 17.2 Å². The molecule has 0 saturated carbocycles. The van der Waals surface area contributed by atoms with E-state index in [4.69, 9.17) is 18.6 Å². The highest BCUT2D eigenvalue weighted by molar-refractivity contribution is 7.14. The minimum atomic E-state index is -0.468. The smallest absolute Gasteiger partial charge is 0.345 e. The van der Waals surface area contributed by atoms with Crippen LogP contribution in [0.15, 0.2) is 57.1 Å². The molecule has 2 aromatic carbocycles. The molecule has 1 N–H and O–H groups in total. The molecule has 0 atom stereocenters. The van der Waals surface area contributed by atoms with Gasteiger partial charge in [-0.05, 0) is 24.3 Å². The van der Waals surface area contributed by atoms with Crippen LogP contribution >= 0.6 is 11.3 Å². The lowest BCUT2D eigenvalue weighted by Gasteiger charge is -2.09. The molecule has 0 radical (unpaired) electrons. The summed E-state index contributed by atoms with van der Waals surface area (Å²) < 4.78 is 21.3. The normalized spacial score (nSPS) is 10.7. The van der Waals surface area contributed by atoms with Crippen LogP contribution in [0.1, 0.15) is 0 Å². The van der Waals surface area contributed by atoms with Crippen LogP contribution in [-0.2, 0) is 0 Å². The van der Waals surface area contributed by atoms with Crippen molar-refractivity contribution in [3.05, 3.63) is 58.3 Å². The number of anilines is 2. The van der Waals surface area contributed by atoms with Crippen molar-refractivity contribution in [3.8, 4) is 28.5 Å². The number of benzene rings is 2. The molecular formula is C21H18N2O5S. The summed E-state index contributed by atoms with van der Waals surface area (Å²) in [7, 11) is 4.70. The second-order valence-corrected chi connectivity index (χ2v) is 6.92. The van der Waals surface area contributed by atoms with Gasteiger partial charge in [-0.15, -0.1) is 11.3 Å². The first-order chi connectivity index (χ1) is 14.1. The Hall–Kier alpha value is -3.52. The molecule has 0 bridgehead atoms. The second-order valence-electron chi connectivity index (χ2n) is 6.06. The van der Waals surface area contributed by atoms with Crippen molar-refractivity contribution >= 4 is 33.1 Å². The summed E-state index contributed by atoms with van der Waals surface area (Å²) in [5.74, 6) is 1.76. The summed E-state index contributed by atoms with van der Waals surface area (Å²) in [6.45, 7) is 0. The lowest BCUT2D eigenvalue weighted by Crippen LogP contribution is -2.03. The monoisotopic (exact) mass is 410 g/mol. The van der Waals surface area contributed by atoms with E-state index in [1.807, 2.05) is 24.3 Å². The summed E-state index contributed by atoms with van der Waals surface area (Å²) in [4.78, 5) is 17.0. The molecule has 0 spiro atoms. The molecule has 4 rings (SSSR count). The van der Waals surface area contributed by atoms with Gasteiger partial charge in [0.15, 0.2) is 28.0 Å². The molecule has 4 aromatic rings. The maximum Gasteiger partial charge on any atom is 0.345 e. The van der Waals surface area contributed by atoms with E-state index in [0.717, 1.165) is 11.1 Å². The van der Waals surface area contributed by atoms with Gasteiger partial charge in [0, 0.05) is 22.5 Å². The number of hydrogen-bond acceptors (Lipinski definition) is 8. The van der Waals surface area contributed by atoms with Gasteiger partial charge in [-0.25, -0.2) is 9.78 Å². The Labute approximate surface area is 170 Å². The standard InChI is InChI=1S/C21H18N2O5S/c1-25-16-8-7-13(10-18(16)27-3)22-21-23-15(11-29-21)14-9-12-5-4-6-17(26-2)19(12)28-20(14)24/h4-11H,1-3H3,(H,22,23). The zero-order chi connectivity index (χ0) is 20.4. The van der Waals surface area contributed by atoms with E-state index in [1.165, 1.54) is 18.4 Å². The van der Waals surface area contributed by atoms with E-state index in [9.17, 15) is 4.79 Å². The fraction of sp³-hybridized carbons (Fsp3) is 0.143. The first-order valence-corrected chi connectivity index (χ1v) is 9.56. The maximum absolute atomic E-state index is 12.5. The van der Waals surface area contributed by atoms with E-state index in [-0.39, 0.29) is 0 Å². The number of fused-ring (bicyclic) bond motifs is 1. The number of aromatic nitrogens is 1. The first-order valence-electron chi connectivity index (χ1n) is 8.68. The van der Waals surface area contributed by atoms with Crippen LogP contribution in [0.2, 0.25) is 0 Å². The van der Waals surface area contributed by atoms with Crippen molar-refractivity contribution in [1.29, 1.82) is 0 Å². The summed E-state index contributed by atoms with van der Waals surface area (Å²) in [6, 6.07) is 12.7. The van der Waals surface area contributed by atoms with E-state index in [1.54, 1.807) is 37.8 Å². The van der Waals surface area contributed by atoms with Crippen molar-refractivity contribution < 1.29 is 18.6 Å². The molecular weight excluding hydrogens is 392 g/mol. The number of rotatable bonds is 6. The molecule has 29 heavy (non-hydrogen) atoms. The number of ether oxygens (including phenoxy) is 3. The average molecular weight is 410 g/mol. The van der Waals surface area contributed by atoms with Crippen molar-refractivity contribution in [2.75, 3.05) is 26.6 Å². The van der Waals surface area contributed by atoms with Gasteiger partial charge in [0.05, 0.1) is 32.6 Å². The highest BCUT2D eigenvalue weighted by Gasteiger charge is 2.14. The Morgan fingerprint density at radius 2 is 1.76 bits per heavy atom. The van der Waals surface area contributed by atoms with Gasteiger partial charge in [-0.1, -0.05) is 12.1 Å². The quantitative estimate of drug-likeness (QED) is 0.462. The summed E-state index contributed by atoms with van der Waals surface area (Å²) in [6.07, 6.45) is 0. The Bertz CT molecular complexity index is 1230. The first kappa shape index (κ1) is 18.8. The van der Waals surface area contributed by atoms with Gasteiger partial charge in [-0.3, -0.25) is 0 Å². The average Bonchev–Trinajstić information content (AvgIpc) is 3.20. The number of para-hydroxylation sites is 1. The zero-order valence-electron chi connectivity index (χ0n) is 16.0. The van der Waals surface area contributed by atoms with E-state index in [0.29, 0.717) is 39.2 Å². The minimum absolute atomic E-state index is 0.391. The molecule has 0 amide bonds. The van der Waals surface area contributed by atoms with Crippen molar-refractivity contribution in [3.63, 3.8) is 0 Å². The van der Waals surface area contributed by atoms with Gasteiger partial charge < -0.3 is 23.9 Å². The fourth-order valence-electron chi connectivity index (χ4n) is 2.95. The van der Waals surface area contributed by atoms with Crippen LogP contribution in [0.3, 0.4) is 0 Å². The Morgan fingerprint density at radius 3 is 2.52 bits per heavy atom. The van der Waals surface area contributed by atoms with E-state index < -0.39 is 5.63 Å². The number of nitrogens with zero attached hydrogens (tertiary/aromatic N) is 1. The van der Waals surface area contributed by atoms with E-state index >= 15 is 0 Å². The van der Waals surface area contributed by atoms with Gasteiger partial charge >= 0.3 is 5.63 Å². The third-order valence-corrected chi connectivity index (χ3v) is 5.12. The SMILES string of the molecule is COc1ccc(Nc2nc(-c3cc4cccc(OC)c4oc3=O)cs2)cc1OC. The van der Waals surface area contributed by atoms with Gasteiger partial charge in [-0.2, -0.15) is 0 Å². The van der Waals surface area contributed by atoms with Crippen LogP contribution in [0.25, 0.3) is 22.2 Å². The van der Waals surface area contributed by atoms with Crippen molar-refractivity contribution in [2.45, 2.75) is 0 Å². The highest BCUT2D eigenvalue weighted by Crippen LogP contribution is 2.33. The second kappa shape index (κ2) is 7.84. The molecule has 2 heterocycles. The van der Waals surface area contributed by atoms with Crippen LogP contribution in [0.4, 0.5) is 10.8 Å². The molecule has 7 nitrogen and oxygen atoms in total. The highest BCUT2D eigenvalue weighted by atomic mass is 32.1. The topological polar surface area (TPSA) is 82.8 Å². The molecule has 0 fully saturated rings. The van der Waals surface area contributed by atoms with Crippen molar-refractivity contribution in [1.82, 2.24) is 4.98 Å². The Kier molecular flexibility index (Phi) is 5.09.